The molecule has 0 aromatic heterocycles. The third-order valence-electron chi connectivity index (χ3n) is 4.28. The van der Waals surface area contributed by atoms with E-state index in [2.05, 4.69) is 9.98 Å². The van der Waals surface area contributed by atoms with Crippen LogP contribution in [0.1, 0.15) is 37.3 Å². The van der Waals surface area contributed by atoms with E-state index in [0.29, 0.717) is 11.8 Å². The van der Waals surface area contributed by atoms with Crippen molar-refractivity contribution in [3.8, 4) is 11.5 Å². The maximum absolute atomic E-state index is 9.62. The van der Waals surface area contributed by atoms with E-state index in [1.807, 2.05) is 24.3 Å². The van der Waals surface area contributed by atoms with Crippen molar-refractivity contribution in [1.82, 2.24) is 10.1 Å². The molecule has 2 aliphatic heterocycles. The maximum atomic E-state index is 9.62. The summed E-state index contributed by atoms with van der Waals surface area (Å²) in [5, 5.41) is 22.5. The van der Waals surface area contributed by atoms with Gasteiger partial charge < -0.3 is 19.9 Å². The number of rotatable bonds is 2. The Balaban J connectivity index is 0.000000195. The molecule has 2 aromatic rings. The van der Waals surface area contributed by atoms with Crippen LogP contribution in [0.15, 0.2) is 58.5 Å². The molecule has 0 saturated carbocycles. The predicted octanol–water partition coefficient (Wildman–Crippen LogP) is 6.13. The third-order valence-corrected chi connectivity index (χ3v) is 4.28. The minimum absolute atomic E-state index is 0.240. The van der Waals surface area contributed by atoms with Crippen LogP contribution in [0, 0.1) is 0 Å². The molecule has 4 rings (SSSR count). The van der Waals surface area contributed by atoms with Crippen LogP contribution >= 0.6 is 37.7 Å². The first-order valence-electron chi connectivity index (χ1n) is 9.31. The molecule has 186 valence electrons. The Hall–Kier alpha value is -1.25. The molecule has 8 nitrogen and oxygen atoms in total. The Morgan fingerprint density at radius 2 is 1.03 bits per heavy atom. The average Bonchev–Trinajstić information content (AvgIpc) is 3.21. The summed E-state index contributed by atoms with van der Waals surface area (Å²) < 4.78 is 0. The van der Waals surface area contributed by atoms with Gasteiger partial charge in [-0.25, -0.2) is 9.98 Å². The van der Waals surface area contributed by atoms with Gasteiger partial charge in [-0.1, -0.05) is 36.4 Å². The number of hydroxylamine groups is 4. The van der Waals surface area contributed by atoms with Crippen molar-refractivity contribution in [1.29, 1.82) is 0 Å². The average molecular weight is 721 g/mol. The number of phenols is 2. The molecule has 2 N–H and O–H groups in total. The van der Waals surface area contributed by atoms with Crippen molar-refractivity contribution in [2.75, 3.05) is 14.1 Å². The van der Waals surface area contributed by atoms with E-state index in [4.69, 9.17) is 47.3 Å². The SMILES string of the molecule is CC1=NC(c2ccccc2O)N(C)O1.CC1=NC(c2ccccc2O)N(C)O1.[Cl][Pt]([Cl])([Cl])[Cl]. The van der Waals surface area contributed by atoms with Gasteiger partial charge in [0.25, 0.3) is 0 Å². The van der Waals surface area contributed by atoms with E-state index >= 15 is 0 Å². The number of halogens is 4. The molecule has 0 saturated heterocycles. The quantitative estimate of drug-likeness (QED) is 0.389. The molecule has 2 aliphatic rings. The molecule has 33 heavy (non-hydrogen) atoms. The van der Waals surface area contributed by atoms with Gasteiger partial charge in [0.05, 0.1) is 0 Å². The molecular weight excluding hydrogens is 697 g/mol. The Morgan fingerprint density at radius 1 is 0.727 bits per heavy atom. The number of para-hydroxylation sites is 2. The number of hydrogen-bond donors (Lipinski definition) is 2. The topological polar surface area (TPSA) is 90.1 Å². The van der Waals surface area contributed by atoms with Crippen LogP contribution in [0.4, 0.5) is 0 Å². The van der Waals surface area contributed by atoms with Crippen LogP contribution < -0.4 is 0 Å². The van der Waals surface area contributed by atoms with Gasteiger partial charge in [-0.2, -0.15) is 0 Å². The van der Waals surface area contributed by atoms with Gasteiger partial charge in [-0.05, 0) is 12.1 Å². The molecule has 0 spiro atoms. The molecule has 0 radical (unpaired) electrons. The Bertz CT molecular complexity index is 927. The summed E-state index contributed by atoms with van der Waals surface area (Å²) in [6.07, 6.45) is -0.479. The third kappa shape index (κ3) is 9.13. The summed E-state index contributed by atoms with van der Waals surface area (Å²) in [4.78, 5) is 19.0. The molecule has 13 heteroatoms. The summed E-state index contributed by atoms with van der Waals surface area (Å²) in [7, 11) is 23.6. The summed E-state index contributed by atoms with van der Waals surface area (Å²) >= 11 is -3.06. The fourth-order valence-corrected chi connectivity index (χ4v) is 3.01. The summed E-state index contributed by atoms with van der Waals surface area (Å²) in [5.41, 5.74) is 1.51. The molecular formula is C20H24Cl4N4O4Pt. The summed E-state index contributed by atoms with van der Waals surface area (Å²) in [6, 6.07) is 14.3. The fourth-order valence-electron chi connectivity index (χ4n) is 3.01. The van der Waals surface area contributed by atoms with Crippen molar-refractivity contribution >= 4 is 49.5 Å². The Labute approximate surface area is 211 Å². The standard InChI is InChI=1S/2C10H12N2O2.4ClH.Pt/c2*1-7-11-10(12(2)14-7)8-5-3-4-6-9(8)13;;;;;/h2*3-6,10,13H,1-2H3;4*1H;/q;;;;;;+4/p-4. The molecule has 0 amide bonds. The fraction of sp³-hybridized carbons (Fsp3) is 0.300. The van der Waals surface area contributed by atoms with Crippen LogP contribution in [-0.2, 0) is 21.6 Å². The van der Waals surface area contributed by atoms with Crippen LogP contribution in [0.3, 0.4) is 0 Å². The monoisotopic (exact) mass is 719 g/mol. The number of phenolic OH excluding ortho intramolecular Hbond substituents is 2. The number of aromatic hydroxyl groups is 2. The summed E-state index contributed by atoms with van der Waals surface area (Å²) in [6.45, 7) is 3.58. The van der Waals surface area contributed by atoms with Crippen molar-refractivity contribution in [3.63, 3.8) is 0 Å². The Kier molecular flexibility index (Phi) is 10.6. The van der Waals surface area contributed by atoms with Crippen LogP contribution in [0.25, 0.3) is 0 Å². The second-order valence-electron chi connectivity index (χ2n) is 6.71. The molecule has 2 unspecified atom stereocenters. The first-order chi connectivity index (χ1) is 15.4. The minimum atomic E-state index is -3.06. The van der Waals surface area contributed by atoms with E-state index in [1.54, 1.807) is 62.3 Å². The van der Waals surface area contributed by atoms with Gasteiger partial charge in [-0.3, -0.25) is 0 Å². The number of benzene rings is 2. The number of aliphatic imine (C=N–C) groups is 2. The molecule has 2 aromatic carbocycles. The van der Waals surface area contributed by atoms with Gasteiger partial charge in [-0.15, -0.1) is 10.1 Å². The van der Waals surface area contributed by atoms with Gasteiger partial charge in [0.2, 0.25) is 11.8 Å². The van der Waals surface area contributed by atoms with E-state index in [-0.39, 0.29) is 23.8 Å². The molecule has 2 atom stereocenters. The normalized spacial score (nSPS) is 20.8. The van der Waals surface area contributed by atoms with Gasteiger partial charge in [0, 0.05) is 39.1 Å². The first kappa shape index (κ1) is 28.0. The van der Waals surface area contributed by atoms with E-state index in [9.17, 15) is 10.2 Å². The van der Waals surface area contributed by atoms with E-state index in [0.717, 1.165) is 11.1 Å². The number of hydrogen-bond acceptors (Lipinski definition) is 8. The molecule has 0 aliphatic carbocycles. The van der Waals surface area contributed by atoms with Crippen molar-refractivity contribution in [3.05, 3.63) is 59.7 Å². The van der Waals surface area contributed by atoms with Crippen molar-refractivity contribution < 1.29 is 31.8 Å². The van der Waals surface area contributed by atoms with E-state index in [1.165, 1.54) is 0 Å². The first-order valence-corrected chi connectivity index (χ1v) is 20.6. The predicted molar refractivity (Wildman–Crippen MR) is 129 cm³/mol. The van der Waals surface area contributed by atoms with E-state index < -0.39 is 11.9 Å². The Morgan fingerprint density at radius 3 is 1.27 bits per heavy atom. The second-order valence-corrected chi connectivity index (χ2v) is 26.4. The van der Waals surface area contributed by atoms with Crippen molar-refractivity contribution in [2.24, 2.45) is 9.98 Å². The van der Waals surface area contributed by atoms with Gasteiger partial charge in [0.1, 0.15) is 11.5 Å². The zero-order valence-electron chi connectivity index (χ0n) is 18.1. The van der Waals surface area contributed by atoms with Crippen LogP contribution in [-0.4, -0.2) is 46.2 Å². The van der Waals surface area contributed by atoms with Crippen LogP contribution in [0.5, 0.6) is 11.5 Å². The zero-order chi connectivity index (χ0) is 24.8. The summed E-state index contributed by atoms with van der Waals surface area (Å²) in [5.74, 6) is 1.71. The van der Waals surface area contributed by atoms with Gasteiger partial charge >= 0.3 is 49.6 Å². The molecule has 0 bridgehead atoms. The number of nitrogens with zero attached hydrogens (tertiary/aromatic N) is 4. The molecule has 2 heterocycles. The van der Waals surface area contributed by atoms with Crippen LogP contribution in [0.2, 0.25) is 0 Å². The van der Waals surface area contributed by atoms with Gasteiger partial charge in [0.15, 0.2) is 12.3 Å². The zero-order valence-corrected chi connectivity index (χ0v) is 23.4. The van der Waals surface area contributed by atoms with Crippen molar-refractivity contribution in [2.45, 2.75) is 26.2 Å². The molecule has 0 fully saturated rings. The second kappa shape index (κ2) is 12.5.